The predicted molar refractivity (Wildman–Crippen MR) is 90.9 cm³/mol. The van der Waals surface area contributed by atoms with Gasteiger partial charge in [0.2, 0.25) is 0 Å². The van der Waals surface area contributed by atoms with Gasteiger partial charge in [-0.2, -0.15) is 0 Å². The zero-order valence-electron chi connectivity index (χ0n) is 14.8. The van der Waals surface area contributed by atoms with E-state index in [9.17, 15) is 9.18 Å². The van der Waals surface area contributed by atoms with E-state index in [-0.39, 0.29) is 17.9 Å². The summed E-state index contributed by atoms with van der Waals surface area (Å²) >= 11 is 0. The van der Waals surface area contributed by atoms with E-state index in [1.807, 2.05) is 33.8 Å². The number of rotatable bonds is 7. The molecule has 0 aliphatic carbocycles. The second-order valence-corrected chi connectivity index (χ2v) is 6.78. The zero-order chi connectivity index (χ0) is 17.5. The smallest absolute Gasteiger partial charge is 0.407 e. The van der Waals surface area contributed by atoms with Crippen LogP contribution in [-0.4, -0.2) is 24.3 Å². The lowest BCUT2D eigenvalue weighted by Gasteiger charge is -2.25. The van der Waals surface area contributed by atoms with Crippen molar-refractivity contribution < 1.29 is 13.9 Å². The van der Waals surface area contributed by atoms with E-state index in [0.717, 1.165) is 12.8 Å². The standard InChI is InChI=1S/C18H29FN2O2/c1-6-9-14(12-20-17(22)23-18(3,4)5)21-13(2)15-10-7-8-11-16(15)19/h7-8,10-11,13-14,21H,6,9,12H2,1-5H3,(H,20,22). The normalized spacial score (nSPS) is 14.2. The number of alkyl carbamates (subject to hydrolysis) is 1. The number of benzene rings is 1. The lowest BCUT2D eigenvalue weighted by Crippen LogP contribution is -2.43. The zero-order valence-corrected chi connectivity index (χ0v) is 14.8. The number of halogens is 1. The molecule has 0 spiro atoms. The fraction of sp³-hybridized carbons (Fsp3) is 0.611. The molecule has 0 radical (unpaired) electrons. The van der Waals surface area contributed by atoms with Gasteiger partial charge in [-0.15, -0.1) is 0 Å². The number of amides is 1. The molecule has 5 heteroatoms. The van der Waals surface area contributed by atoms with Crippen molar-refractivity contribution in [3.05, 3.63) is 35.6 Å². The molecule has 1 amide bonds. The van der Waals surface area contributed by atoms with Gasteiger partial charge in [0.25, 0.3) is 0 Å². The first kappa shape index (κ1) is 19.4. The summed E-state index contributed by atoms with van der Waals surface area (Å²) in [6.07, 6.45) is 1.42. The number of hydrogen-bond donors (Lipinski definition) is 2. The maximum atomic E-state index is 13.8. The Kier molecular flexibility index (Phi) is 7.49. The highest BCUT2D eigenvalue weighted by molar-refractivity contribution is 5.67. The molecule has 2 N–H and O–H groups in total. The molecule has 1 rings (SSSR count). The third kappa shape index (κ3) is 7.46. The van der Waals surface area contributed by atoms with Crippen LogP contribution in [0.3, 0.4) is 0 Å². The second-order valence-electron chi connectivity index (χ2n) is 6.78. The molecule has 0 heterocycles. The summed E-state index contributed by atoms with van der Waals surface area (Å²) in [7, 11) is 0. The topological polar surface area (TPSA) is 50.4 Å². The molecule has 0 bridgehead atoms. The van der Waals surface area contributed by atoms with Crippen LogP contribution >= 0.6 is 0 Å². The summed E-state index contributed by atoms with van der Waals surface area (Å²) < 4.78 is 19.1. The number of nitrogens with one attached hydrogen (secondary N) is 2. The third-order valence-corrected chi connectivity index (χ3v) is 3.39. The average molecular weight is 324 g/mol. The predicted octanol–water partition coefficient (Wildman–Crippen LogP) is 4.17. The molecule has 0 saturated carbocycles. The van der Waals surface area contributed by atoms with Crippen LogP contribution in [-0.2, 0) is 4.74 Å². The van der Waals surface area contributed by atoms with Crippen LogP contribution in [0.25, 0.3) is 0 Å². The first-order chi connectivity index (χ1) is 10.7. The Hall–Kier alpha value is -1.62. The Morgan fingerprint density at radius 2 is 1.96 bits per heavy atom. The number of carbonyl (C=O) groups excluding carboxylic acids is 1. The fourth-order valence-corrected chi connectivity index (χ4v) is 2.38. The molecule has 0 aliphatic heterocycles. The van der Waals surface area contributed by atoms with Crippen LogP contribution in [0.4, 0.5) is 9.18 Å². The molecule has 0 aromatic heterocycles. The molecule has 1 aromatic rings. The molecule has 130 valence electrons. The average Bonchev–Trinajstić information content (AvgIpc) is 2.43. The SMILES string of the molecule is CCCC(CNC(=O)OC(C)(C)C)NC(C)c1ccccc1F. The van der Waals surface area contributed by atoms with Crippen LogP contribution in [0.5, 0.6) is 0 Å². The summed E-state index contributed by atoms with van der Waals surface area (Å²) in [5, 5.41) is 6.16. The number of ether oxygens (including phenoxy) is 1. The maximum Gasteiger partial charge on any atom is 0.407 e. The van der Waals surface area contributed by atoms with E-state index in [2.05, 4.69) is 17.6 Å². The fourth-order valence-electron chi connectivity index (χ4n) is 2.38. The first-order valence-corrected chi connectivity index (χ1v) is 8.20. The summed E-state index contributed by atoms with van der Waals surface area (Å²) in [6.45, 7) is 9.93. The lowest BCUT2D eigenvalue weighted by molar-refractivity contribution is 0.0521. The van der Waals surface area contributed by atoms with E-state index in [1.54, 1.807) is 12.1 Å². The van der Waals surface area contributed by atoms with E-state index in [0.29, 0.717) is 12.1 Å². The minimum absolute atomic E-state index is 0.0575. The van der Waals surface area contributed by atoms with Gasteiger partial charge in [-0.3, -0.25) is 0 Å². The molecular weight excluding hydrogens is 295 g/mol. The minimum Gasteiger partial charge on any atom is -0.444 e. The monoisotopic (exact) mass is 324 g/mol. The van der Waals surface area contributed by atoms with E-state index < -0.39 is 11.7 Å². The highest BCUT2D eigenvalue weighted by Gasteiger charge is 2.19. The molecule has 1 aromatic carbocycles. The first-order valence-electron chi connectivity index (χ1n) is 8.20. The number of carbonyl (C=O) groups is 1. The Balaban J connectivity index is 2.58. The van der Waals surface area contributed by atoms with Crippen LogP contribution in [0.15, 0.2) is 24.3 Å². The molecule has 2 atom stereocenters. The van der Waals surface area contributed by atoms with Crippen molar-refractivity contribution >= 4 is 6.09 Å². The minimum atomic E-state index is -0.516. The summed E-state index contributed by atoms with van der Waals surface area (Å²) in [6, 6.07) is 6.66. The van der Waals surface area contributed by atoms with Crippen molar-refractivity contribution in [2.75, 3.05) is 6.54 Å². The quantitative estimate of drug-likeness (QED) is 0.791. The second kappa shape index (κ2) is 8.87. The van der Waals surface area contributed by atoms with Crippen LogP contribution in [0, 0.1) is 5.82 Å². The van der Waals surface area contributed by atoms with Gasteiger partial charge >= 0.3 is 6.09 Å². The van der Waals surface area contributed by atoms with E-state index >= 15 is 0 Å². The summed E-state index contributed by atoms with van der Waals surface area (Å²) in [5.74, 6) is -0.220. The van der Waals surface area contributed by atoms with Crippen LogP contribution in [0.1, 0.15) is 59.1 Å². The van der Waals surface area contributed by atoms with Crippen molar-refractivity contribution in [3.63, 3.8) is 0 Å². The molecule has 2 unspecified atom stereocenters. The molecule has 0 saturated heterocycles. The summed E-state index contributed by atoms with van der Waals surface area (Å²) in [5.41, 5.74) is 0.115. The molecule has 4 nitrogen and oxygen atoms in total. The molecular formula is C18H29FN2O2. The largest absolute Gasteiger partial charge is 0.444 e. The van der Waals surface area contributed by atoms with Gasteiger partial charge in [0, 0.05) is 24.2 Å². The van der Waals surface area contributed by atoms with Gasteiger partial charge in [0.15, 0.2) is 0 Å². The van der Waals surface area contributed by atoms with E-state index in [4.69, 9.17) is 4.74 Å². The van der Waals surface area contributed by atoms with Gasteiger partial charge in [-0.05, 0) is 40.2 Å². The van der Waals surface area contributed by atoms with Gasteiger partial charge in [-0.25, -0.2) is 9.18 Å². The number of hydrogen-bond acceptors (Lipinski definition) is 3. The van der Waals surface area contributed by atoms with E-state index in [1.165, 1.54) is 6.07 Å². The van der Waals surface area contributed by atoms with Crippen molar-refractivity contribution in [1.82, 2.24) is 10.6 Å². The van der Waals surface area contributed by atoms with Crippen molar-refractivity contribution in [2.24, 2.45) is 0 Å². The van der Waals surface area contributed by atoms with Crippen molar-refractivity contribution in [1.29, 1.82) is 0 Å². The summed E-state index contributed by atoms with van der Waals surface area (Å²) in [4.78, 5) is 11.8. The van der Waals surface area contributed by atoms with Crippen LogP contribution in [0.2, 0.25) is 0 Å². The highest BCUT2D eigenvalue weighted by Crippen LogP contribution is 2.17. The van der Waals surface area contributed by atoms with Crippen molar-refractivity contribution in [3.8, 4) is 0 Å². The third-order valence-electron chi connectivity index (χ3n) is 3.39. The van der Waals surface area contributed by atoms with Crippen LogP contribution < -0.4 is 10.6 Å². The Labute approximate surface area is 138 Å². The van der Waals surface area contributed by atoms with Gasteiger partial charge < -0.3 is 15.4 Å². The van der Waals surface area contributed by atoms with Gasteiger partial charge in [0.1, 0.15) is 11.4 Å². The molecule has 0 fully saturated rings. The highest BCUT2D eigenvalue weighted by atomic mass is 19.1. The van der Waals surface area contributed by atoms with Gasteiger partial charge in [-0.1, -0.05) is 31.5 Å². The van der Waals surface area contributed by atoms with Crippen molar-refractivity contribution in [2.45, 2.75) is 65.1 Å². The Morgan fingerprint density at radius 1 is 1.30 bits per heavy atom. The maximum absolute atomic E-state index is 13.8. The lowest BCUT2D eigenvalue weighted by atomic mass is 10.1. The Bertz CT molecular complexity index is 500. The molecule has 0 aliphatic rings. The van der Waals surface area contributed by atoms with Gasteiger partial charge in [0.05, 0.1) is 0 Å². The Morgan fingerprint density at radius 3 is 2.52 bits per heavy atom. The molecule has 23 heavy (non-hydrogen) atoms.